The van der Waals surface area contributed by atoms with Crippen molar-refractivity contribution in [3.8, 4) is 0 Å². The first-order valence-electron chi connectivity index (χ1n) is 6.48. The van der Waals surface area contributed by atoms with Crippen LogP contribution in [0.25, 0.3) is 0 Å². The molecule has 2 aliphatic heterocycles. The Balaban J connectivity index is 0.000000162. The molecule has 0 aromatic carbocycles. The lowest BCUT2D eigenvalue weighted by Gasteiger charge is -2.22. The van der Waals surface area contributed by atoms with Crippen LogP contribution in [0.2, 0.25) is 0 Å². The average Bonchev–Trinajstić information content (AvgIpc) is 2.34. The summed E-state index contributed by atoms with van der Waals surface area (Å²) in [4.78, 5) is 0. The molecule has 2 saturated heterocycles. The molecule has 0 spiro atoms. The van der Waals surface area contributed by atoms with E-state index in [0.717, 1.165) is 13.0 Å². The first-order valence-corrected chi connectivity index (χ1v) is 6.48. The van der Waals surface area contributed by atoms with Gasteiger partial charge in [0.2, 0.25) is 0 Å². The van der Waals surface area contributed by atoms with Gasteiger partial charge < -0.3 is 15.7 Å². The van der Waals surface area contributed by atoms with Gasteiger partial charge in [-0.2, -0.15) is 0 Å². The Hall–Kier alpha value is -0.120. The van der Waals surface area contributed by atoms with Gasteiger partial charge in [-0.05, 0) is 51.7 Å². The van der Waals surface area contributed by atoms with Gasteiger partial charge in [-0.15, -0.1) is 0 Å². The number of aliphatic hydroxyl groups is 1. The average molecular weight is 214 g/mol. The lowest BCUT2D eigenvalue weighted by atomic mass is 10.0. The van der Waals surface area contributed by atoms with E-state index in [1.54, 1.807) is 0 Å². The fraction of sp³-hybridized carbons (Fsp3) is 1.00. The van der Waals surface area contributed by atoms with Crippen LogP contribution in [-0.4, -0.2) is 37.4 Å². The molecular formula is C12H26N2O. The standard InChI is InChI=1S/C7H15NO.C5H11N/c9-6-4-7-3-1-2-5-8-7;1-2-4-6-5-3-1/h7-9H,1-6H2;6H,1-5H2. The van der Waals surface area contributed by atoms with Crippen molar-refractivity contribution < 1.29 is 5.11 Å². The predicted molar refractivity (Wildman–Crippen MR) is 64.1 cm³/mol. The Morgan fingerprint density at radius 3 is 2.07 bits per heavy atom. The molecule has 0 saturated carbocycles. The number of nitrogens with one attached hydrogen (secondary N) is 2. The highest BCUT2D eigenvalue weighted by atomic mass is 16.3. The van der Waals surface area contributed by atoms with Crippen LogP contribution in [0.5, 0.6) is 0 Å². The van der Waals surface area contributed by atoms with Crippen LogP contribution in [-0.2, 0) is 0 Å². The van der Waals surface area contributed by atoms with E-state index in [1.807, 2.05) is 0 Å². The Labute approximate surface area is 93.6 Å². The minimum atomic E-state index is 0.331. The molecule has 0 aromatic rings. The van der Waals surface area contributed by atoms with E-state index in [-0.39, 0.29) is 0 Å². The molecule has 0 aliphatic carbocycles. The van der Waals surface area contributed by atoms with Gasteiger partial charge in [0.1, 0.15) is 0 Å². The van der Waals surface area contributed by atoms with Crippen LogP contribution in [0.3, 0.4) is 0 Å². The molecule has 2 heterocycles. The second kappa shape index (κ2) is 9.13. The summed E-state index contributed by atoms with van der Waals surface area (Å²) in [7, 11) is 0. The van der Waals surface area contributed by atoms with Gasteiger partial charge in [-0.3, -0.25) is 0 Å². The third-order valence-electron chi connectivity index (χ3n) is 3.10. The highest BCUT2D eigenvalue weighted by Gasteiger charge is 2.10. The summed E-state index contributed by atoms with van der Waals surface area (Å²) in [5, 5.41) is 15.2. The number of piperidine rings is 2. The van der Waals surface area contributed by atoms with E-state index in [4.69, 9.17) is 5.11 Å². The van der Waals surface area contributed by atoms with Gasteiger partial charge in [-0.25, -0.2) is 0 Å². The minimum Gasteiger partial charge on any atom is -0.396 e. The van der Waals surface area contributed by atoms with Crippen LogP contribution >= 0.6 is 0 Å². The summed E-state index contributed by atoms with van der Waals surface area (Å²) >= 11 is 0. The van der Waals surface area contributed by atoms with E-state index in [9.17, 15) is 0 Å². The molecule has 0 aromatic heterocycles. The predicted octanol–water partition coefficient (Wildman–Crippen LogP) is 1.27. The van der Waals surface area contributed by atoms with Crippen LogP contribution < -0.4 is 10.6 Å². The number of rotatable bonds is 2. The van der Waals surface area contributed by atoms with Gasteiger partial charge in [0.05, 0.1) is 0 Å². The third-order valence-corrected chi connectivity index (χ3v) is 3.10. The molecule has 90 valence electrons. The fourth-order valence-electron chi connectivity index (χ4n) is 2.13. The molecule has 0 bridgehead atoms. The van der Waals surface area contributed by atoms with Crippen LogP contribution in [0.4, 0.5) is 0 Å². The molecule has 0 radical (unpaired) electrons. The molecule has 1 atom stereocenters. The first-order chi connectivity index (χ1) is 7.43. The topological polar surface area (TPSA) is 44.3 Å². The van der Waals surface area contributed by atoms with E-state index in [0.29, 0.717) is 12.6 Å². The smallest absolute Gasteiger partial charge is 0.0445 e. The molecule has 2 fully saturated rings. The summed E-state index contributed by atoms with van der Waals surface area (Å²) in [5.41, 5.74) is 0. The molecule has 3 N–H and O–H groups in total. The maximum Gasteiger partial charge on any atom is 0.0445 e. The van der Waals surface area contributed by atoms with E-state index in [2.05, 4.69) is 10.6 Å². The Morgan fingerprint density at radius 1 is 0.933 bits per heavy atom. The van der Waals surface area contributed by atoms with Crippen molar-refractivity contribution in [3.63, 3.8) is 0 Å². The van der Waals surface area contributed by atoms with Gasteiger partial charge in [0.25, 0.3) is 0 Å². The summed E-state index contributed by atoms with van der Waals surface area (Å²) < 4.78 is 0. The molecular weight excluding hydrogens is 188 g/mol. The van der Waals surface area contributed by atoms with Crippen LogP contribution in [0.1, 0.15) is 44.9 Å². The Kier molecular flexibility index (Phi) is 7.88. The zero-order valence-electron chi connectivity index (χ0n) is 9.80. The van der Waals surface area contributed by atoms with Crippen molar-refractivity contribution in [2.75, 3.05) is 26.2 Å². The lowest BCUT2D eigenvalue weighted by Crippen LogP contribution is -2.34. The second-order valence-corrected chi connectivity index (χ2v) is 4.47. The maximum absolute atomic E-state index is 8.58. The van der Waals surface area contributed by atoms with Gasteiger partial charge in [0, 0.05) is 12.6 Å². The van der Waals surface area contributed by atoms with Crippen molar-refractivity contribution in [2.24, 2.45) is 0 Å². The fourth-order valence-corrected chi connectivity index (χ4v) is 2.13. The SMILES string of the molecule is C1CCNCC1.OCCC1CCCCN1. The van der Waals surface area contributed by atoms with Crippen molar-refractivity contribution >= 4 is 0 Å². The van der Waals surface area contributed by atoms with Crippen molar-refractivity contribution in [1.82, 2.24) is 10.6 Å². The quantitative estimate of drug-likeness (QED) is 0.648. The van der Waals surface area contributed by atoms with Crippen LogP contribution in [0, 0.1) is 0 Å². The molecule has 0 amide bonds. The molecule has 2 rings (SSSR count). The summed E-state index contributed by atoms with van der Waals surface area (Å²) in [6.45, 7) is 3.97. The Morgan fingerprint density at radius 2 is 1.67 bits per heavy atom. The second-order valence-electron chi connectivity index (χ2n) is 4.47. The van der Waals surface area contributed by atoms with Gasteiger partial charge in [0.15, 0.2) is 0 Å². The monoisotopic (exact) mass is 214 g/mol. The zero-order chi connectivity index (χ0) is 10.8. The first kappa shape index (κ1) is 12.9. The van der Waals surface area contributed by atoms with Crippen LogP contribution in [0.15, 0.2) is 0 Å². The molecule has 3 heteroatoms. The molecule has 1 unspecified atom stereocenters. The zero-order valence-corrected chi connectivity index (χ0v) is 9.80. The van der Waals surface area contributed by atoms with Gasteiger partial charge in [-0.1, -0.05) is 12.8 Å². The lowest BCUT2D eigenvalue weighted by molar-refractivity contribution is 0.250. The van der Waals surface area contributed by atoms with Crippen molar-refractivity contribution in [3.05, 3.63) is 0 Å². The van der Waals surface area contributed by atoms with Gasteiger partial charge >= 0.3 is 0 Å². The Bertz CT molecular complexity index is 117. The number of aliphatic hydroxyl groups excluding tert-OH is 1. The summed E-state index contributed by atoms with van der Waals surface area (Å²) in [5.74, 6) is 0. The molecule has 2 aliphatic rings. The molecule has 3 nitrogen and oxygen atoms in total. The normalized spacial score (nSPS) is 26.6. The van der Waals surface area contributed by atoms with Crippen molar-refractivity contribution in [1.29, 1.82) is 0 Å². The largest absolute Gasteiger partial charge is 0.396 e. The number of hydrogen-bond donors (Lipinski definition) is 3. The highest BCUT2D eigenvalue weighted by molar-refractivity contribution is 4.70. The minimum absolute atomic E-state index is 0.331. The van der Waals surface area contributed by atoms with E-state index < -0.39 is 0 Å². The van der Waals surface area contributed by atoms with E-state index in [1.165, 1.54) is 51.6 Å². The van der Waals surface area contributed by atoms with Crippen molar-refractivity contribution in [2.45, 2.75) is 51.0 Å². The van der Waals surface area contributed by atoms with E-state index >= 15 is 0 Å². The third kappa shape index (κ3) is 6.88. The number of hydrogen-bond acceptors (Lipinski definition) is 3. The highest BCUT2D eigenvalue weighted by Crippen LogP contribution is 2.08. The maximum atomic E-state index is 8.58. The molecule has 15 heavy (non-hydrogen) atoms. The summed E-state index contributed by atoms with van der Waals surface area (Å²) in [6.07, 6.45) is 9.03. The summed E-state index contributed by atoms with van der Waals surface area (Å²) in [6, 6.07) is 0.601.